The van der Waals surface area contributed by atoms with Crippen LogP contribution in [0.15, 0.2) is 91.0 Å². The van der Waals surface area contributed by atoms with Crippen LogP contribution in [0.25, 0.3) is 0 Å². The van der Waals surface area contributed by atoms with E-state index in [0.29, 0.717) is 47.8 Å². The number of hydrogen-bond donors (Lipinski definition) is 4. The van der Waals surface area contributed by atoms with E-state index in [1.807, 2.05) is 36.4 Å². The van der Waals surface area contributed by atoms with Crippen LogP contribution in [-0.2, 0) is 0 Å². The van der Waals surface area contributed by atoms with Crippen LogP contribution < -0.4 is 25.4 Å². The van der Waals surface area contributed by atoms with Gasteiger partial charge in [-0.05, 0) is 79.4 Å². The van der Waals surface area contributed by atoms with Crippen LogP contribution in [0.2, 0.25) is 0 Å². The van der Waals surface area contributed by atoms with Gasteiger partial charge in [0.15, 0.2) is 17.3 Å². The third-order valence-corrected chi connectivity index (χ3v) is 7.02. The lowest BCUT2D eigenvalue weighted by atomic mass is 9.83. The van der Waals surface area contributed by atoms with E-state index in [2.05, 4.69) is 16.0 Å². The summed E-state index contributed by atoms with van der Waals surface area (Å²) >= 11 is 0. The first-order valence-corrected chi connectivity index (χ1v) is 13.9. The summed E-state index contributed by atoms with van der Waals surface area (Å²) < 4.78 is 11.0. The molecule has 3 amide bonds. The van der Waals surface area contributed by atoms with Crippen LogP contribution in [0.5, 0.6) is 17.2 Å². The van der Waals surface area contributed by atoms with Crippen molar-refractivity contribution in [1.82, 2.24) is 5.32 Å². The van der Waals surface area contributed by atoms with E-state index in [1.54, 1.807) is 55.6 Å². The maximum absolute atomic E-state index is 12.8. The van der Waals surface area contributed by atoms with Crippen LogP contribution in [-0.4, -0.2) is 43.6 Å². The number of carbonyl (C=O) groups excluding carboxylic acids is 3. The molecule has 0 saturated heterocycles. The van der Waals surface area contributed by atoms with Crippen molar-refractivity contribution in [1.29, 1.82) is 0 Å². The Hall–Kier alpha value is -5.31. The van der Waals surface area contributed by atoms with Crippen molar-refractivity contribution in [2.24, 2.45) is 0 Å². The first kappa shape index (κ1) is 30.6. The highest BCUT2D eigenvalue weighted by Gasteiger charge is 2.23. The lowest BCUT2D eigenvalue weighted by molar-refractivity contribution is 0.0949. The average Bonchev–Trinajstić information content (AvgIpc) is 3.01. The minimum atomic E-state index is -0.366. The van der Waals surface area contributed by atoms with Crippen LogP contribution in [0.4, 0.5) is 16.2 Å². The summed E-state index contributed by atoms with van der Waals surface area (Å²) in [5, 5.41) is 18.5. The molecular formula is C34H35N3O6. The molecule has 4 aromatic rings. The Morgan fingerprint density at radius 1 is 0.767 bits per heavy atom. The number of rotatable bonds is 12. The second-order valence-corrected chi connectivity index (χ2v) is 9.89. The normalized spacial score (nSPS) is 11.2. The van der Waals surface area contributed by atoms with Crippen LogP contribution in [0, 0.1) is 0 Å². The van der Waals surface area contributed by atoms with E-state index < -0.39 is 0 Å². The first-order chi connectivity index (χ1) is 20.8. The molecule has 0 aliphatic rings. The summed E-state index contributed by atoms with van der Waals surface area (Å²) in [5.41, 5.74) is 3.67. The molecule has 0 heterocycles. The van der Waals surface area contributed by atoms with Gasteiger partial charge in [-0.2, -0.15) is 0 Å². The van der Waals surface area contributed by atoms with Crippen LogP contribution in [0.3, 0.4) is 0 Å². The number of anilines is 2. The van der Waals surface area contributed by atoms with Gasteiger partial charge < -0.3 is 30.5 Å². The molecule has 0 radical (unpaired) electrons. The van der Waals surface area contributed by atoms with E-state index in [1.165, 1.54) is 20.1 Å². The van der Waals surface area contributed by atoms with Gasteiger partial charge in [-0.3, -0.25) is 9.59 Å². The summed E-state index contributed by atoms with van der Waals surface area (Å²) in [6.45, 7) is 1.86. The van der Waals surface area contributed by atoms with E-state index in [-0.39, 0.29) is 35.0 Å². The highest BCUT2D eigenvalue weighted by Crippen LogP contribution is 2.39. The molecule has 4 N–H and O–H groups in total. The molecule has 0 saturated carbocycles. The number of phenolic OH excluding ortho intramolecular Hbond substituents is 1. The Morgan fingerprint density at radius 2 is 1.37 bits per heavy atom. The number of Topliss-reactive ketones (excluding diaryl/α,β-unsaturated/α-hetero) is 1. The van der Waals surface area contributed by atoms with Crippen molar-refractivity contribution < 1.29 is 29.0 Å². The van der Waals surface area contributed by atoms with Crippen LogP contribution in [0.1, 0.15) is 57.5 Å². The number of aromatic hydroxyl groups is 1. The number of hydrogen-bond acceptors (Lipinski definition) is 6. The largest absolute Gasteiger partial charge is 0.507 e. The highest BCUT2D eigenvalue weighted by atomic mass is 16.5. The Kier molecular flexibility index (Phi) is 10.4. The summed E-state index contributed by atoms with van der Waals surface area (Å²) in [6, 6.07) is 26.1. The third kappa shape index (κ3) is 7.91. The molecule has 0 aliphatic carbocycles. The summed E-state index contributed by atoms with van der Waals surface area (Å²) in [6.07, 6.45) is 1.16. The zero-order valence-electron chi connectivity index (χ0n) is 24.3. The lowest BCUT2D eigenvalue weighted by Crippen LogP contribution is -2.25. The Morgan fingerprint density at radius 3 is 2.00 bits per heavy atom. The minimum Gasteiger partial charge on any atom is -0.507 e. The third-order valence-electron chi connectivity index (χ3n) is 7.02. The van der Waals surface area contributed by atoms with E-state index in [0.717, 1.165) is 11.1 Å². The Balaban J connectivity index is 1.56. The van der Waals surface area contributed by atoms with E-state index >= 15 is 0 Å². The number of urea groups is 1. The molecular weight excluding hydrogens is 546 g/mol. The zero-order chi connectivity index (χ0) is 30.8. The van der Waals surface area contributed by atoms with Gasteiger partial charge in [0.05, 0.1) is 19.8 Å². The molecule has 0 fully saturated rings. The van der Waals surface area contributed by atoms with E-state index in [4.69, 9.17) is 9.47 Å². The van der Waals surface area contributed by atoms with Gasteiger partial charge in [-0.15, -0.1) is 0 Å². The molecule has 1 atom stereocenters. The molecule has 1 unspecified atom stereocenters. The van der Waals surface area contributed by atoms with Crippen molar-refractivity contribution in [2.45, 2.75) is 25.7 Å². The van der Waals surface area contributed by atoms with Gasteiger partial charge in [0.25, 0.3) is 5.91 Å². The van der Waals surface area contributed by atoms with Crippen molar-refractivity contribution >= 4 is 29.1 Å². The fourth-order valence-corrected chi connectivity index (χ4v) is 4.87. The van der Waals surface area contributed by atoms with Gasteiger partial charge >= 0.3 is 6.03 Å². The number of benzene rings is 4. The molecule has 0 bridgehead atoms. The van der Waals surface area contributed by atoms with Gasteiger partial charge in [-0.25, -0.2) is 4.79 Å². The number of para-hydroxylation sites is 2. The molecule has 0 spiro atoms. The summed E-state index contributed by atoms with van der Waals surface area (Å²) in [5.74, 6) is 0.137. The predicted molar refractivity (Wildman–Crippen MR) is 167 cm³/mol. The Bertz CT molecular complexity index is 1570. The monoisotopic (exact) mass is 581 g/mol. The molecule has 0 aromatic heterocycles. The van der Waals surface area contributed by atoms with Crippen molar-refractivity contribution in [3.05, 3.63) is 113 Å². The number of methoxy groups -OCH3 is 2. The van der Waals surface area contributed by atoms with Crippen molar-refractivity contribution in [3.63, 3.8) is 0 Å². The van der Waals surface area contributed by atoms with Gasteiger partial charge in [0.1, 0.15) is 5.75 Å². The topological polar surface area (TPSA) is 126 Å². The average molecular weight is 582 g/mol. The standard InChI is InChI=1S/C34H35N3O6/c1-22(38)28-20-31(42-2)32(43-3)21-29(28)26(13-9-19-35-33(40)27-12-7-8-14-30(27)39)23-15-17-25(18-16-23)37-34(41)36-24-10-5-4-6-11-24/h4-8,10-12,14-18,20-21,26,39H,9,13,19H2,1-3H3,(H,35,40)(H2,36,37,41). The minimum absolute atomic E-state index is 0.0829. The molecule has 4 rings (SSSR count). The molecule has 0 aliphatic heterocycles. The molecule has 9 heteroatoms. The quantitative estimate of drug-likeness (QED) is 0.110. The van der Waals surface area contributed by atoms with Gasteiger partial charge in [-0.1, -0.05) is 42.5 Å². The van der Waals surface area contributed by atoms with Crippen molar-refractivity contribution in [3.8, 4) is 17.2 Å². The highest BCUT2D eigenvalue weighted by molar-refractivity contribution is 6.00. The van der Waals surface area contributed by atoms with Crippen LogP contribution >= 0.6 is 0 Å². The fraction of sp³-hybridized carbons (Fsp3) is 0.206. The van der Waals surface area contributed by atoms with Gasteiger partial charge in [0.2, 0.25) is 0 Å². The SMILES string of the molecule is COc1cc(C(C)=O)c(C(CCCNC(=O)c2ccccc2O)c2ccc(NC(=O)Nc3ccccc3)cc2)cc1OC. The maximum atomic E-state index is 12.8. The number of ether oxygens (including phenoxy) is 2. The maximum Gasteiger partial charge on any atom is 0.323 e. The Labute approximate surface area is 250 Å². The number of nitrogens with one attached hydrogen (secondary N) is 3. The summed E-state index contributed by atoms with van der Waals surface area (Å²) in [7, 11) is 3.06. The fourth-order valence-electron chi connectivity index (χ4n) is 4.87. The second kappa shape index (κ2) is 14.5. The number of carbonyl (C=O) groups is 3. The molecule has 9 nitrogen and oxygen atoms in total. The predicted octanol–water partition coefficient (Wildman–Crippen LogP) is 6.60. The smallest absolute Gasteiger partial charge is 0.323 e. The molecule has 43 heavy (non-hydrogen) atoms. The summed E-state index contributed by atoms with van der Waals surface area (Å²) in [4.78, 5) is 37.9. The molecule has 4 aromatic carbocycles. The lowest BCUT2D eigenvalue weighted by Gasteiger charge is -2.23. The number of phenols is 1. The number of ketones is 1. The second-order valence-electron chi connectivity index (χ2n) is 9.89. The van der Waals surface area contributed by atoms with Crippen molar-refractivity contribution in [2.75, 3.05) is 31.4 Å². The van der Waals surface area contributed by atoms with Gasteiger partial charge in [0, 0.05) is 29.4 Å². The van der Waals surface area contributed by atoms with E-state index in [9.17, 15) is 19.5 Å². The molecule has 222 valence electrons. The first-order valence-electron chi connectivity index (χ1n) is 13.9. The zero-order valence-corrected chi connectivity index (χ0v) is 24.3. The number of amides is 3.